The molecule has 29 heavy (non-hydrogen) atoms. The molecule has 0 N–H and O–H groups in total. The van der Waals surface area contributed by atoms with Crippen molar-refractivity contribution >= 4 is 23.6 Å². The maximum Gasteiger partial charge on any atom is 0.333 e. The summed E-state index contributed by atoms with van der Waals surface area (Å²) in [7, 11) is 1.27. The van der Waals surface area contributed by atoms with Crippen LogP contribution in [0.15, 0.2) is 59.7 Å². The van der Waals surface area contributed by atoms with E-state index in [9.17, 15) is 9.59 Å². The molecule has 1 aliphatic rings. The number of rotatable bonds is 8. The molecule has 150 valence electrons. The third kappa shape index (κ3) is 4.31. The maximum absolute atomic E-state index is 12.5. The summed E-state index contributed by atoms with van der Waals surface area (Å²) in [5.41, 5.74) is 10.3. The van der Waals surface area contributed by atoms with Gasteiger partial charge in [0, 0.05) is 4.91 Å². The van der Waals surface area contributed by atoms with Gasteiger partial charge in [-0.1, -0.05) is 47.6 Å². The Morgan fingerprint density at radius 3 is 2.52 bits per heavy atom. The van der Waals surface area contributed by atoms with Crippen LogP contribution in [0.3, 0.4) is 0 Å². The highest BCUT2D eigenvalue weighted by molar-refractivity contribution is 7.99. The summed E-state index contributed by atoms with van der Waals surface area (Å²) in [5.74, 6) is -0.318. The molecule has 0 radical (unpaired) electrons. The third-order valence-corrected chi connectivity index (χ3v) is 5.58. The van der Waals surface area contributed by atoms with E-state index in [1.54, 1.807) is 30.5 Å². The minimum absolute atomic E-state index is 0.401. The Morgan fingerprint density at radius 2 is 1.93 bits per heavy atom. The van der Waals surface area contributed by atoms with Gasteiger partial charge in [-0.2, -0.15) is 0 Å². The van der Waals surface area contributed by atoms with Gasteiger partial charge in [-0.25, -0.2) is 4.79 Å². The Balaban J connectivity index is 1.78. The minimum atomic E-state index is -0.918. The molecule has 3 rings (SSSR count). The van der Waals surface area contributed by atoms with Crippen molar-refractivity contribution in [1.82, 2.24) is 4.90 Å². The van der Waals surface area contributed by atoms with E-state index in [0.717, 1.165) is 5.56 Å². The number of esters is 1. The molecule has 2 aromatic carbocycles. The Morgan fingerprint density at radius 1 is 1.24 bits per heavy atom. The lowest BCUT2D eigenvalue weighted by Crippen LogP contribution is -2.64. The van der Waals surface area contributed by atoms with Crippen LogP contribution in [0, 0.1) is 0 Å². The fraction of sp³-hybridized carbons (Fsp3) is 0.300. The molecule has 1 amide bonds. The van der Waals surface area contributed by atoms with Crippen molar-refractivity contribution in [2.75, 3.05) is 13.4 Å². The molecule has 0 saturated carbocycles. The van der Waals surface area contributed by atoms with E-state index in [1.807, 2.05) is 30.3 Å². The SMILES string of the molecule is COC(=O)C(c1ccc(OCc2ccccc2)cc1)N1C(=O)C(N=[N+]=[N-])C1SC. The minimum Gasteiger partial charge on any atom is -0.489 e. The maximum atomic E-state index is 12.5. The smallest absolute Gasteiger partial charge is 0.333 e. The summed E-state index contributed by atoms with van der Waals surface area (Å²) in [6.45, 7) is 0.424. The predicted octanol–water partition coefficient (Wildman–Crippen LogP) is 3.69. The van der Waals surface area contributed by atoms with Crippen molar-refractivity contribution in [3.05, 3.63) is 76.2 Å². The fourth-order valence-corrected chi connectivity index (χ4v) is 4.04. The zero-order valence-electron chi connectivity index (χ0n) is 16.0. The molecule has 1 aliphatic heterocycles. The molecule has 8 nitrogen and oxygen atoms in total. The van der Waals surface area contributed by atoms with Gasteiger partial charge in [0.05, 0.1) is 12.5 Å². The summed E-state index contributed by atoms with van der Waals surface area (Å²) < 4.78 is 10.7. The number of hydrogen-bond acceptors (Lipinski definition) is 6. The molecule has 1 heterocycles. The Labute approximate surface area is 172 Å². The van der Waals surface area contributed by atoms with Crippen molar-refractivity contribution in [1.29, 1.82) is 0 Å². The average molecular weight is 412 g/mol. The summed E-state index contributed by atoms with van der Waals surface area (Å²) in [4.78, 5) is 29.1. The van der Waals surface area contributed by atoms with Gasteiger partial charge in [-0.3, -0.25) is 4.79 Å². The van der Waals surface area contributed by atoms with Gasteiger partial charge < -0.3 is 14.4 Å². The topological polar surface area (TPSA) is 105 Å². The zero-order valence-corrected chi connectivity index (χ0v) is 16.8. The van der Waals surface area contributed by atoms with Crippen molar-refractivity contribution < 1.29 is 19.1 Å². The number of likely N-dealkylation sites (tertiary alicyclic amines) is 1. The first-order valence-corrected chi connectivity index (χ1v) is 10.1. The Hall–Kier alpha value is -3.16. The molecule has 0 spiro atoms. The number of thioether (sulfide) groups is 1. The van der Waals surface area contributed by atoms with Crippen molar-refractivity contribution in [2.24, 2.45) is 5.11 Å². The lowest BCUT2D eigenvalue weighted by Gasteiger charge is -2.47. The number of methoxy groups -OCH3 is 1. The third-order valence-electron chi connectivity index (χ3n) is 4.62. The zero-order chi connectivity index (χ0) is 20.8. The van der Waals surface area contributed by atoms with Gasteiger partial charge in [-0.15, -0.1) is 11.8 Å². The van der Waals surface area contributed by atoms with Crippen LogP contribution in [0.25, 0.3) is 10.4 Å². The van der Waals surface area contributed by atoms with Gasteiger partial charge in [0.15, 0.2) is 6.04 Å². The largest absolute Gasteiger partial charge is 0.489 e. The normalized spacial score (nSPS) is 19.0. The summed E-state index contributed by atoms with van der Waals surface area (Å²) in [6, 6.07) is 15.0. The molecular weight excluding hydrogens is 392 g/mol. The number of ether oxygens (including phenoxy) is 2. The second kappa shape index (κ2) is 9.36. The van der Waals surface area contributed by atoms with Gasteiger partial charge in [0.1, 0.15) is 18.4 Å². The van der Waals surface area contributed by atoms with Gasteiger partial charge >= 0.3 is 5.97 Å². The standard InChI is InChI=1S/C20H20N4O4S/c1-27-20(26)17(24-18(25)16(22-23-21)19(24)29-2)14-8-10-15(11-9-14)28-12-13-6-4-3-5-7-13/h3-11,16-17,19H,12H2,1-2H3. The Bertz CT molecular complexity index is 916. The number of carbonyl (C=O) groups excluding carboxylic acids is 2. The highest BCUT2D eigenvalue weighted by Crippen LogP contribution is 2.39. The van der Waals surface area contributed by atoms with E-state index >= 15 is 0 Å². The van der Waals surface area contributed by atoms with Crippen LogP contribution in [0.1, 0.15) is 17.2 Å². The molecule has 3 atom stereocenters. The van der Waals surface area contributed by atoms with Crippen LogP contribution >= 0.6 is 11.8 Å². The fourth-order valence-electron chi connectivity index (χ4n) is 3.16. The number of benzene rings is 2. The number of hydrogen-bond donors (Lipinski definition) is 0. The molecule has 2 aromatic rings. The first-order chi connectivity index (χ1) is 14.1. The molecule has 1 fully saturated rings. The second-order valence-corrected chi connectivity index (χ2v) is 7.24. The van der Waals surface area contributed by atoms with E-state index in [-0.39, 0.29) is 0 Å². The van der Waals surface area contributed by atoms with Crippen molar-refractivity contribution in [2.45, 2.75) is 24.1 Å². The molecule has 0 aliphatic carbocycles. The van der Waals surface area contributed by atoms with Crippen LogP contribution in [0.2, 0.25) is 0 Å². The molecule has 0 aromatic heterocycles. The lowest BCUT2D eigenvalue weighted by molar-refractivity contribution is -0.162. The van der Waals surface area contributed by atoms with Crippen molar-refractivity contribution in [3.63, 3.8) is 0 Å². The summed E-state index contributed by atoms with van der Waals surface area (Å²) >= 11 is 1.34. The van der Waals surface area contributed by atoms with Crippen LogP contribution in [-0.4, -0.2) is 41.6 Å². The van der Waals surface area contributed by atoms with Crippen LogP contribution < -0.4 is 4.74 Å². The van der Waals surface area contributed by atoms with Gasteiger partial charge in [0.2, 0.25) is 5.91 Å². The van der Waals surface area contributed by atoms with E-state index in [4.69, 9.17) is 15.0 Å². The molecular formula is C20H20N4O4S. The summed E-state index contributed by atoms with van der Waals surface area (Å²) in [6.07, 6.45) is 1.79. The monoisotopic (exact) mass is 412 g/mol. The van der Waals surface area contributed by atoms with E-state index in [0.29, 0.717) is 17.9 Å². The van der Waals surface area contributed by atoms with E-state index in [2.05, 4.69) is 10.0 Å². The highest BCUT2D eigenvalue weighted by atomic mass is 32.2. The number of β-lactam (4-membered cyclic amide) rings is 1. The van der Waals surface area contributed by atoms with E-state index < -0.39 is 29.3 Å². The average Bonchev–Trinajstić information content (AvgIpc) is 2.77. The molecule has 3 unspecified atom stereocenters. The number of amides is 1. The molecule has 0 bridgehead atoms. The number of azide groups is 1. The van der Waals surface area contributed by atoms with Gasteiger partial charge in [0.25, 0.3) is 0 Å². The first-order valence-electron chi connectivity index (χ1n) is 8.84. The van der Waals surface area contributed by atoms with Crippen LogP contribution in [-0.2, 0) is 20.9 Å². The number of carbonyl (C=O) groups is 2. The Kier molecular flexibility index (Phi) is 6.64. The predicted molar refractivity (Wildman–Crippen MR) is 109 cm³/mol. The second-order valence-electron chi connectivity index (χ2n) is 6.29. The van der Waals surface area contributed by atoms with Crippen molar-refractivity contribution in [3.8, 4) is 5.75 Å². The lowest BCUT2D eigenvalue weighted by atomic mass is 9.98. The highest BCUT2D eigenvalue weighted by Gasteiger charge is 2.52. The molecule has 1 saturated heterocycles. The van der Waals surface area contributed by atoms with Gasteiger partial charge in [-0.05, 0) is 35.0 Å². The quantitative estimate of drug-likeness (QED) is 0.216. The van der Waals surface area contributed by atoms with Crippen LogP contribution in [0.5, 0.6) is 5.75 Å². The molecule has 9 heteroatoms. The first kappa shape index (κ1) is 20.6. The van der Waals surface area contributed by atoms with Crippen LogP contribution in [0.4, 0.5) is 0 Å². The number of nitrogens with zero attached hydrogens (tertiary/aromatic N) is 4. The summed E-state index contributed by atoms with van der Waals surface area (Å²) in [5, 5.41) is 3.10. The van der Waals surface area contributed by atoms with E-state index in [1.165, 1.54) is 23.8 Å².